The molecule has 7 nitrogen and oxygen atoms in total. The summed E-state index contributed by atoms with van der Waals surface area (Å²) in [6, 6.07) is 11.3. The highest BCUT2D eigenvalue weighted by molar-refractivity contribution is 7.94. The SMILES string of the molecule is COc1ccc(CNC(=O)c2cc(N3C(=O)C(C)CS3(=O)=O)ccc2Cl)cc1. The van der Waals surface area contributed by atoms with Crippen molar-refractivity contribution < 1.29 is 22.7 Å². The fourth-order valence-electron chi connectivity index (χ4n) is 2.92. The average molecular weight is 423 g/mol. The second kappa shape index (κ2) is 7.81. The molecule has 0 spiro atoms. The maximum Gasteiger partial charge on any atom is 0.253 e. The van der Waals surface area contributed by atoms with Crippen LogP contribution in [0.15, 0.2) is 42.5 Å². The van der Waals surface area contributed by atoms with Crippen LogP contribution in [0.1, 0.15) is 22.8 Å². The molecule has 2 amide bonds. The van der Waals surface area contributed by atoms with E-state index in [-0.39, 0.29) is 28.6 Å². The van der Waals surface area contributed by atoms with Gasteiger partial charge in [-0.25, -0.2) is 12.7 Å². The van der Waals surface area contributed by atoms with E-state index < -0.39 is 27.8 Å². The molecular formula is C19H19ClN2O5S. The van der Waals surface area contributed by atoms with Crippen molar-refractivity contribution in [3.05, 3.63) is 58.6 Å². The van der Waals surface area contributed by atoms with Crippen molar-refractivity contribution in [2.75, 3.05) is 17.2 Å². The van der Waals surface area contributed by atoms with Crippen molar-refractivity contribution in [2.45, 2.75) is 13.5 Å². The zero-order valence-electron chi connectivity index (χ0n) is 15.3. The predicted octanol–water partition coefficient (Wildman–Crippen LogP) is 2.59. The molecule has 0 aromatic heterocycles. The zero-order valence-corrected chi connectivity index (χ0v) is 16.9. The van der Waals surface area contributed by atoms with Gasteiger partial charge in [0.25, 0.3) is 5.91 Å². The molecule has 3 rings (SSSR count). The predicted molar refractivity (Wildman–Crippen MR) is 106 cm³/mol. The first-order chi connectivity index (χ1) is 13.2. The van der Waals surface area contributed by atoms with Crippen LogP contribution in [-0.2, 0) is 21.4 Å². The van der Waals surface area contributed by atoms with Gasteiger partial charge in [-0.3, -0.25) is 9.59 Å². The molecule has 1 saturated heterocycles. The largest absolute Gasteiger partial charge is 0.497 e. The number of ether oxygens (including phenoxy) is 1. The van der Waals surface area contributed by atoms with Crippen molar-refractivity contribution in [1.29, 1.82) is 0 Å². The van der Waals surface area contributed by atoms with Gasteiger partial charge in [0.15, 0.2) is 0 Å². The summed E-state index contributed by atoms with van der Waals surface area (Å²) < 4.78 is 30.4. The maximum atomic E-state index is 12.6. The molecule has 0 aliphatic carbocycles. The van der Waals surface area contributed by atoms with E-state index in [0.29, 0.717) is 5.75 Å². The number of nitrogens with one attached hydrogen (secondary N) is 1. The summed E-state index contributed by atoms with van der Waals surface area (Å²) in [5.41, 5.74) is 1.05. The van der Waals surface area contributed by atoms with Gasteiger partial charge in [-0.2, -0.15) is 0 Å². The van der Waals surface area contributed by atoms with E-state index in [2.05, 4.69) is 5.32 Å². The van der Waals surface area contributed by atoms with Gasteiger partial charge >= 0.3 is 0 Å². The van der Waals surface area contributed by atoms with Crippen LogP contribution in [-0.4, -0.2) is 33.1 Å². The topological polar surface area (TPSA) is 92.8 Å². The van der Waals surface area contributed by atoms with Crippen LogP contribution in [0.5, 0.6) is 5.75 Å². The van der Waals surface area contributed by atoms with Crippen LogP contribution in [0.2, 0.25) is 5.02 Å². The number of sulfonamides is 1. The Morgan fingerprint density at radius 1 is 1.25 bits per heavy atom. The Labute approximate surface area is 168 Å². The molecule has 2 aromatic carbocycles. The van der Waals surface area contributed by atoms with E-state index in [1.54, 1.807) is 26.2 Å². The highest BCUT2D eigenvalue weighted by Crippen LogP contribution is 2.31. The Balaban J connectivity index is 1.81. The lowest BCUT2D eigenvalue weighted by Gasteiger charge is -2.17. The lowest BCUT2D eigenvalue weighted by Crippen LogP contribution is -2.31. The summed E-state index contributed by atoms with van der Waals surface area (Å²) in [4.78, 5) is 24.8. The van der Waals surface area contributed by atoms with Crippen LogP contribution in [0.4, 0.5) is 5.69 Å². The Kier molecular flexibility index (Phi) is 5.62. The lowest BCUT2D eigenvalue weighted by molar-refractivity contribution is -0.119. The summed E-state index contributed by atoms with van der Waals surface area (Å²) in [5.74, 6) is -1.18. The van der Waals surface area contributed by atoms with E-state index in [0.717, 1.165) is 9.87 Å². The van der Waals surface area contributed by atoms with Gasteiger partial charge in [0, 0.05) is 6.54 Å². The third-order valence-corrected chi connectivity index (χ3v) is 6.60. The molecule has 28 heavy (non-hydrogen) atoms. The van der Waals surface area contributed by atoms with Crippen molar-refractivity contribution in [3.63, 3.8) is 0 Å². The number of nitrogens with zero attached hydrogens (tertiary/aromatic N) is 1. The number of carbonyl (C=O) groups is 2. The Hall–Kier alpha value is -2.58. The van der Waals surface area contributed by atoms with Crippen molar-refractivity contribution in [2.24, 2.45) is 5.92 Å². The molecule has 0 saturated carbocycles. The number of rotatable bonds is 5. The lowest BCUT2D eigenvalue weighted by atomic mass is 10.1. The molecule has 1 unspecified atom stereocenters. The quantitative estimate of drug-likeness (QED) is 0.799. The van der Waals surface area contributed by atoms with Crippen molar-refractivity contribution in [1.82, 2.24) is 5.32 Å². The molecule has 1 N–H and O–H groups in total. The minimum atomic E-state index is -3.76. The molecule has 1 heterocycles. The Morgan fingerprint density at radius 2 is 1.93 bits per heavy atom. The number of methoxy groups -OCH3 is 1. The molecule has 1 atom stereocenters. The van der Waals surface area contributed by atoms with Gasteiger partial charge in [-0.05, 0) is 35.9 Å². The fraction of sp³-hybridized carbons (Fsp3) is 0.263. The monoisotopic (exact) mass is 422 g/mol. The van der Waals surface area contributed by atoms with Gasteiger partial charge in [0.2, 0.25) is 15.9 Å². The number of anilines is 1. The number of amides is 2. The summed E-state index contributed by atoms with van der Waals surface area (Å²) in [7, 11) is -2.19. The van der Waals surface area contributed by atoms with Gasteiger partial charge in [0.05, 0.1) is 35.1 Å². The van der Waals surface area contributed by atoms with Crippen LogP contribution >= 0.6 is 11.6 Å². The van der Waals surface area contributed by atoms with Crippen LogP contribution in [0.3, 0.4) is 0 Å². The number of halogens is 1. The smallest absolute Gasteiger partial charge is 0.253 e. The van der Waals surface area contributed by atoms with Crippen molar-refractivity contribution in [3.8, 4) is 5.75 Å². The van der Waals surface area contributed by atoms with E-state index in [1.165, 1.54) is 18.2 Å². The van der Waals surface area contributed by atoms with Gasteiger partial charge in [0.1, 0.15) is 5.75 Å². The van der Waals surface area contributed by atoms with Crippen molar-refractivity contribution >= 4 is 39.1 Å². The Morgan fingerprint density at radius 3 is 2.50 bits per heavy atom. The van der Waals surface area contributed by atoms with Crippen LogP contribution in [0, 0.1) is 5.92 Å². The first kappa shape index (κ1) is 20.2. The highest BCUT2D eigenvalue weighted by atomic mass is 35.5. The fourth-order valence-corrected chi connectivity index (χ4v) is 4.94. The average Bonchev–Trinajstić information content (AvgIpc) is 2.87. The molecule has 0 bridgehead atoms. The molecule has 0 radical (unpaired) electrons. The zero-order chi connectivity index (χ0) is 20.5. The molecule has 1 aliphatic heterocycles. The molecule has 9 heteroatoms. The molecule has 2 aromatic rings. The third kappa shape index (κ3) is 3.98. The summed E-state index contributed by atoms with van der Waals surface area (Å²) >= 11 is 6.12. The molecule has 148 valence electrons. The second-order valence-electron chi connectivity index (χ2n) is 6.48. The van der Waals surface area contributed by atoms with E-state index in [1.807, 2.05) is 12.1 Å². The summed E-state index contributed by atoms with van der Waals surface area (Å²) in [6.07, 6.45) is 0. The van der Waals surface area contributed by atoms with Crippen LogP contribution < -0.4 is 14.4 Å². The first-order valence-corrected chi connectivity index (χ1v) is 10.5. The van der Waals surface area contributed by atoms with Gasteiger partial charge in [-0.1, -0.05) is 30.7 Å². The Bertz CT molecular complexity index is 1020. The molecule has 1 fully saturated rings. The number of benzene rings is 2. The normalized spacial score (nSPS) is 18.2. The molecular weight excluding hydrogens is 404 g/mol. The molecule has 1 aliphatic rings. The summed E-state index contributed by atoms with van der Waals surface area (Å²) in [5, 5.41) is 2.90. The number of carbonyl (C=O) groups excluding carboxylic acids is 2. The van der Waals surface area contributed by atoms with Gasteiger partial charge < -0.3 is 10.1 Å². The number of hydrogen-bond donors (Lipinski definition) is 1. The standard InChI is InChI=1S/C19H19ClN2O5S/c1-12-11-28(25,26)22(19(12)24)14-5-8-17(20)16(9-14)18(23)21-10-13-3-6-15(27-2)7-4-13/h3-9,12H,10-11H2,1-2H3,(H,21,23). The summed E-state index contributed by atoms with van der Waals surface area (Å²) in [6.45, 7) is 1.81. The highest BCUT2D eigenvalue weighted by Gasteiger charge is 2.42. The van der Waals surface area contributed by atoms with E-state index >= 15 is 0 Å². The second-order valence-corrected chi connectivity index (χ2v) is 8.75. The van der Waals surface area contributed by atoms with Gasteiger partial charge in [-0.15, -0.1) is 0 Å². The third-order valence-electron chi connectivity index (χ3n) is 4.40. The van der Waals surface area contributed by atoms with E-state index in [4.69, 9.17) is 16.3 Å². The minimum absolute atomic E-state index is 0.0928. The maximum absolute atomic E-state index is 12.6. The first-order valence-electron chi connectivity index (χ1n) is 8.50. The number of hydrogen-bond acceptors (Lipinski definition) is 5. The minimum Gasteiger partial charge on any atom is -0.497 e. The van der Waals surface area contributed by atoms with E-state index in [9.17, 15) is 18.0 Å². The van der Waals surface area contributed by atoms with Crippen LogP contribution in [0.25, 0.3) is 0 Å².